The largest absolute Gasteiger partial charge is 0.295 e. The van der Waals surface area contributed by atoms with E-state index in [1.54, 1.807) is 6.92 Å². The zero-order valence-electron chi connectivity index (χ0n) is 28.5. The van der Waals surface area contributed by atoms with Crippen LogP contribution in [-0.2, 0) is 12.7 Å². The van der Waals surface area contributed by atoms with Crippen LogP contribution >= 0.6 is 0 Å². The molecule has 0 saturated heterocycles. The van der Waals surface area contributed by atoms with Crippen molar-refractivity contribution in [2.75, 3.05) is 0 Å². The Bertz CT molecular complexity index is 1890. The molecule has 0 aliphatic heterocycles. The Hall–Kier alpha value is -3.98. The molecular weight excluding hydrogens is 539 g/mol. The fraction of sp³-hybridized carbons (Fsp3) is 0.341. The Morgan fingerprint density at radius 2 is 1.61 bits per heavy atom. The molecular formula is C41H50FN2+. The monoisotopic (exact) mass is 589 g/mol. The van der Waals surface area contributed by atoms with Crippen LogP contribution in [0.2, 0.25) is 0 Å². The van der Waals surface area contributed by atoms with Gasteiger partial charge in [-0.15, -0.1) is 0 Å². The van der Waals surface area contributed by atoms with Crippen molar-refractivity contribution in [2.45, 2.75) is 87.2 Å². The molecule has 230 valence electrons. The number of benzene rings is 3. The molecule has 1 unspecified atom stereocenters. The highest BCUT2D eigenvalue weighted by Crippen LogP contribution is 2.40. The third kappa shape index (κ3) is 5.77. The fourth-order valence-electron chi connectivity index (χ4n) is 6.22. The molecule has 0 radical (unpaired) electrons. The first kappa shape index (κ1) is 32.9. The van der Waals surface area contributed by atoms with Gasteiger partial charge in [0.05, 0.1) is 12.4 Å². The molecule has 5 rings (SSSR count). The quantitative estimate of drug-likeness (QED) is 0.101. The topological polar surface area (TPSA) is 9.03 Å². The molecule has 0 saturated carbocycles. The molecule has 0 N–H and O–H groups in total. The molecule has 1 atom stereocenters. The average Bonchev–Trinajstić information content (AvgIpc) is 3.27. The van der Waals surface area contributed by atoms with Crippen LogP contribution in [0.5, 0.6) is 0 Å². The molecule has 0 bridgehead atoms. The molecule has 0 spiro atoms. The van der Waals surface area contributed by atoms with E-state index in [0.29, 0.717) is 6.42 Å². The van der Waals surface area contributed by atoms with Gasteiger partial charge in [-0.05, 0) is 81.0 Å². The third-order valence-corrected chi connectivity index (χ3v) is 9.09. The first-order valence-corrected chi connectivity index (χ1v) is 16.1. The van der Waals surface area contributed by atoms with E-state index in [2.05, 4.69) is 107 Å². The summed E-state index contributed by atoms with van der Waals surface area (Å²) in [6.07, 6.45) is 11.1. The molecule has 44 heavy (non-hydrogen) atoms. The number of aryl methyl sites for hydroxylation is 4. The number of fused-ring (bicyclic) bond motifs is 6. The Balaban J connectivity index is 0.00000104. The molecule has 0 fully saturated rings. The molecule has 5 aromatic rings. The number of nitrogens with zero attached hydrogens (tertiary/aromatic N) is 2. The van der Waals surface area contributed by atoms with Gasteiger partial charge in [0.2, 0.25) is 0 Å². The lowest BCUT2D eigenvalue weighted by molar-refractivity contribution is -0.467. The lowest BCUT2D eigenvalue weighted by Crippen LogP contribution is -2.26. The van der Waals surface area contributed by atoms with E-state index in [1.165, 1.54) is 35.1 Å². The van der Waals surface area contributed by atoms with Crippen molar-refractivity contribution in [3.63, 3.8) is 0 Å². The lowest BCUT2D eigenvalue weighted by Gasteiger charge is -2.21. The number of alkyl halides is 1. The van der Waals surface area contributed by atoms with Crippen molar-refractivity contribution >= 4 is 32.9 Å². The molecule has 2 nitrogen and oxygen atoms in total. The van der Waals surface area contributed by atoms with Crippen molar-refractivity contribution in [3.8, 4) is 11.3 Å². The highest BCUT2D eigenvalue weighted by Gasteiger charge is 2.34. The molecule has 0 aliphatic rings. The number of aromatic nitrogens is 2. The number of halogens is 1. The minimum atomic E-state index is -1.45. The zero-order chi connectivity index (χ0) is 32.3. The first-order valence-electron chi connectivity index (χ1n) is 16.1. The van der Waals surface area contributed by atoms with Gasteiger partial charge in [-0.2, -0.15) is 4.40 Å². The van der Waals surface area contributed by atoms with E-state index < -0.39 is 5.67 Å². The average molecular weight is 590 g/mol. The van der Waals surface area contributed by atoms with Gasteiger partial charge >= 0.3 is 0 Å². The smallest absolute Gasteiger partial charge is 0.239 e. The van der Waals surface area contributed by atoms with E-state index in [-0.39, 0.29) is 0 Å². The maximum absolute atomic E-state index is 16.2. The Morgan fingerprint density at radius 3 is 2.18 bits per heavy atom. The van der Waals surface area contributed by atoms with E-state index in [9.17, 15) is 0 Å². The number of imidazole rings is 1. The van der Waals surface area contributed by atoms with Crippen LogP contribution in [0.3, 0.4) is 0 Å². The minimum Gasteiger partial charge on any atom is -0.239 e. The normalized spacial score (nSPS) is 13.5. The minimum absolute atomic E-state index is 0.409. The standard InChI is InChI=1S/C37H40FN2.C4H10/c1-10-13-15-27(11-2)28-21-24(5)33(25(6)22-28)35-26(7)39(9)36-34-30(16-14-17-31(34)37(8,38)12-3)29-19-18-23(4)20-32(29)40(35)36;1-3-4-2/h10-11,13-22H,2,12H2,1,3-9H3;3-4H2,1-2H3/q+1;/b13-10-,27-15+;. The summed E-state index contributed by atoms with van der Waals surface area (Å²) in [5.74, 6) is 0. The number of pyridine rings is 1. The molecule has 0 aliphatic carbocycles. The number of unbranched alkanes of at least 4 members (excludes halogenated alkanes) is 1. The van der Waals surface area contributed by atoms with Crippen LogP contribution in [0.15, 0.2) is 79.4 Å². The highest BCUT2D eigenvalue weighted by molar-refractivity contribution is 6.11. The highest BCUT2D eigenvalue weighted by atomic mass is 19.1. The summed E-state index contributed by atoms with van der Waals surface area (Å²) >= 11 is 0. The first-order chi connectivity index (χ1) is 21.0. The van der Waals surface area contributed by atoms with Gasteiger partial charge in [0, 0.05) is 28.8 Å². The molecule has 0 amide bonds. The van der Waals surface area contributed by atoms with E-state index in [1.807, 2.05) is 44.2 Å². The summed E-state index contributed by atoms with van der Waals surface area (Å²) in [5.41, 5.74) is 10.8. The summed E-state index contributed by atoms with van der Waals surface area (Å²) in [6, 6.07) is 17.2. The fourth-order valence-corrected chi connectivity index (χ4v) is 6.22. The van der Waals surface area contributed by atoms with E-state index in [4.69, 9.17) is 0 Å². The second kappa shape index (κ2) is 13.3. The van der Waals surface area contributed by atoms with Crippen molar-refractivity contribution in [2.24, 2.45) is 7.05 Å². The van der Waals surface area contributed by atoms with Gasteiger partial charge in [-0.25, -0.2) is 8.96 Å². The van der Waals surface area contributed by atoms with Crippen molar-refractivity contribution < 1.29 is 8.79 Å². The Labute approximate surface area is 264 Å². The van der Waals surface area contributed by atoms with Crippen LogP contribution in [0, 0.1) is 27.7 Å². The second-order valence-electron chi connectivity index (χ2n) is 12.3. The van der Waals surface area contributed by atoms with Gasteiger partial charge in [-0.3, -0.25) is 0 Å². The van der Waals surface area contributed by atoms with Gasteiger partial charge in [0.15, 0.2) is 5.69 Å². The van der Waals surface area contributed by atoms with Gasteiger partial charge in [0.1, 0.15) is 16.9 Å². The summed E-state index contributed by atoms with van der Waals surface area (Å²) in [5, 5.41) is 3.21. The van der Waals surface area contributed by atoms with Gasteiger partial charge in [0.25, 0.3) is 5.65 Å². The van der Waals surface area contributed by atoms with E-state index >= 15 is 4.39 Å². The lowest BCUT2D eigenvalue weighted by atomic mass is 9.89. The predicted molar refractivity (Wildman–Crippen MR) is 190 cm³/mol. The maximum Gasteiger partial charge on any atom is 0.295 e. The van der Waals surface area contributed by atoms with Crippen LogP contribution in [0.1, 0.15) is 87.4 Å². The summed E-state index contributed by atoms with van der Waals surface area (Å²) in [4.78, 5) is 0. The van der Waals surface area contributed by atoms with Crippen LogP contribution < -0.4 is 4.40 Å². The number of rotatable bonds is 7. The van der Waals surface area contributed by atoms with Crippen molar-refractivity contribution in [1.29, 1.82) is 0 Å². The van der Waals surface area contributed by atoms with Gasteiger partial charge < -0.3 is 0 Å². The second-order valence-corrected chi connectivity index (χ2v) is 12.3. The molecule has 3 aromatic carbocycles. The number of allylic oxidation sites excluding steroid dienone is 5. The molecule has 2 heterocycles. The van der Waals surface area contributed by atoms with Crippen LogP contribution in [0.4, 0.5) is 4.39 Å². The van der Waals surface area contributed by atoms with Gasteiger partial charge in [-0.1, -0.05) is 101 Å². The zero-order valence-corrected chi connectivity index (χ0v) is 28.5. The van der Waals surface area contributed by atoms with Crippen LogP contribution in [0.25, 0.3) is 44.2 Å². The summed E-state index contributed by atoms with van der Waals surface area (Å²) < 4.78 is 20.8. The summed E-state index contributed by atoms with van der Waals surface area (Å²) in [6.45, 7) is 22.8. The maximum atomic E-state index is 16.2. The van der Waals surface area contributed by atoms with Crippen molar-refractivity contribution in [3.05, 3.63) is 113 Å². The molecule has 2 aromatic heterocycles. The Morgan fingerprint density at radius 1 is 0.955 bits per heavy atom. The SMILES string of the molecule is C=C/C(=C\C=C/C)c1cc(C)c(-c2c(C)n(C)c3c4c(C(C)(F)CC)cccc4c4ccc(C)cc4[n+]23)c(C)c1.CCCC. The summed E-state index contributed by atoms with van der Waals surface area (Å²) in [7, 11) is 2.11. The Kier molecular flexibility index (Phi) is 9.98. The van der Waals surface area contributed by atoms with Crippen LogP contribution in [-0.4, -0.2) is 4.57 Å². The van der Waals surface area contributed by atoms with Crippen molar-refractivity contribution in [1.82, 2.24) is 4.57 Å². The third-order valence-electron chi connectivity index (χ3n) is 9.09. The number of hydrogen-bond acceptors (Lipinski definition) is 0. The van der Waals surface area contributed by atoms with E-state index in [0.717, 1.165) is 55.4 Å². The molecule has 3 heteroatoms. The predicted octanol–water partition coefficient (Wildman–Crippen LogP) is 11.5. The number of hydrogen-bond donors (Lipinski definition) is 0.